The molecule has 0 N–H and O–H groups in total. The second-order valence-electron chi connectivity index (χ2n) is 7.16. The number of carbonyl (C=O) groups excluding carboxylic acids is 1. The molecule has 1 aliphatic heterocycles. The smallest absolute Gasteiger partial charge is 0.224 e. The highest BCUT2D eigenvalue weighted by molar-refractivity contribution is 5.76. The Balaban J connectivity index is 1.65. The first-order valence-corrected chi connectivity index (χ1v) is 9.48. The van der Waals surface area contributed by atoms with E-state index < -0.39 is 0 Å². The van der Waals surface area contributed by atoms with E-state index >= 15 is 0 Å². The average Bonchev–Trinajstić information content (AvgIpc) is 3.24. The van der Waals surface area contributed by atoms with Crippen LogP contribution in [0.4, 0.5) is 0 Å². The standard InChI is InChI=1S/C21H29N3O2/c1-16-17(2)22-24(18(16)3)12-11-21(25)23(15-20-10-7-13-26-20)14-19-8-5-4-6-9-19/h4-6,8-9,20H,7,10-15H2,1-3H3/t20-/m0/s1. The summed E-state index contributed by atoms with van der Waals surface area (Å²) in [7, 11) is 0. The van der Waals surface area contributed by atoms with Crippen molar-refractivity contribution in [3.8, 4) is 0 Å². The maximum absolute atomic E-state index is 12.9. The lowest BCUT2D eigenvalue weighted by molar-refractivity contribution is -0.133. The quantitative estimate of drug-likeness (QED) is 0.765. The van der Waals surface area contributed by atoms with Gasteiger partial charge in [-0.15, -0.1) is 0 Å². The fourth-order valence-corrected chi connectivity index (χ4v) is 3.46. The van der Waals surface area contributed by atoms with E-state index in [0.29, 0.717) is 26.1 Å². The molecule has 0 unspecified atom stereocenters. The van der Waals surface area contributed by atoms with Crippen LogP contribution in [0.2, 0.25) is 0 Å². The van der Waals surface area contributed by atoms with Gasteiger partial charge in [-0.2, -0.15) is 5.10 Å². The van der Waals surface area contributed by atoms with Gasteiger partial charge in [-0.05, 0) is 44.7 Å². The summed E-state index contributed by atoms with van der Waals surface area (Å²) in [5, 5.41) is 4.55. The Morgan fingerprint density at radius 3 is 2.65 bits per heavy atom. The Kier molecular flexibility index (Phi) is 6.09. The molecule has 5 nitrogen and oxygen atoms in total. The zero-order valence-corrected chi connectivity index (χ0v) is 16.1. The van der Waals surface area contributed by atoms with E-state index in [1.54, 1.807) is 0 Å². The summed E-state index contributed by atoms with van der Waals surface area (Å²) in [5.74, 6) is 0.162. The monoisotopic (exact) mass is 355 g/mol. The largest absolute Gasteiger partial charge is 0.376 e. The van der Waals surface area contributed by atoms with Crippen LogP contribution in [0.3, 0.4) is 0 Å². The van der Waals surface area contributed by atoms with E-state index in [0.717, 1.165) is 36.4 Å². The second-order valence-corrected chi connectivity index (χ2v) is 7.16. The number of nitrogens with zero attached hydrogens (tertiary/aromatic N) is 3. The Hall–Kier alpha value is -2.14. The molecule has 3 rings (SSSR count). The summed E-state index contributed by atoms with van der Waals surface area (Å²) >= 11 is 0. The van der Waals surface area contributed by atoms with Gasteiger partial charge in [-0.3, -0.25) is 9.48 Å². The van der Waals surface area contributed by atoms with E-state index in [1.165, 1.54) is 5.56 Å². The van der Waals surface area contributed by atoms with Gasteiger partial charge >= 0.3 is 0 Å². The molecule has 5 heteroatoms. The molecule has 0 bridgehead atoms. The number of benzene rings is 1. The first-order chi connectivity index (χ1) is 12.5. The summed E-state index contributed by atoms with van der Waals surface area (Å²) in [6.07, 6.45) is 2.75. The molecule has 1 saturated heterocycles. The summed E-state index contributed by atoms with van der Waals surface area (Å²) < 4.78 is 7.71. The molecule has 26 heavy (non-hydrogen) atoms. The molecule has 0 saturated carbocycles. The van der Waals surface area contributed by atoms with E-state index in [1.807, 2.05) is 34.7 Å². The molecule has 140 valence electrons. The van der Waals surface area contributed by atoms with Crippen LogP contribution >= 0.6 is 0 Å². The van der Waals surface area contributed by atoms with Crippen LogP contribution in [-0.2, 0) is 22.6 Å². The van der Waals surface area contributed by atoms with Crippen LogP contribution in [0.15, 0.2) is 30.3 Å². The first-order valence-electron chi connectivity index (χ1n) is 9.48. The third-order valence-corrected chi connectivity index (χ3v) is 5.30. The molecule has 0 radical (unpaired) electrons. The van der Waals surface area contributed by atoms with Gasteiger partial charge in [0, 0.05) is 38.4 Å². The highest BCUT2D eigenvalue weighted by atomic mass is 16.5. The Morgan fingerprint density at radius 1 is 1.27 bits per heavy atom. The van der Waals surface area contributed by atoms with Gasteiger partial charge in [0.15, 0.2) is 0 Å². The summed E-state index contributed by atoms with van der Waals surface area (Å²) in [6, 6.07) is 10.2. The lowest BCUT2D eigenvalue weighted by atomic mass is 10.1. The maximum atomic E-state index is 12.9. The van der Waals surface area contributed by atoms with Gasteiger partial charge in [0.05, 0.1) is 11.8 Å². The van der Waals surface area contributed by atoms with E-state index in [9.17, 15) is 4.79 Å². The number of aryl methyl sites for hydroxylation is 2. The fraction of sp³-hybridized carbons (Fsp3) is 0.524. The van der Waals surface area contributed by atoms with E-state index in [-0.39, 0.29) is 12.0 Å². The molecule has 1 fully saturated rings. The molecule has 1 aromatic carbocycles. The third-order valence-electron chi connectivity index (χ3n) is 5.30. The Morgan fingerprint density at radius 2 is 2.04 bits per heavy atom. The lowest BCUT2D eigenvalue weighted by Crippen LogP contribution is -2.37. The van der Waals surface area contributed by atoms with E-state index in [4.69, 9.17) is 4.74 Å². The molecule has 1 aromatic heterocycles. The Bertz CT molecular complexity index is 733. The maximum Gasteiger partial charge on any atom is 0.224 e. The zero-order valence-electron chi connectivity index (χ0n) is 16.1. The summed E-state index contributed by atoms with van der Waals surface area (Å²) in [4.78, 5) is 14.9. The molecule has 1 amide bonds. The van der Waals surface area contributed by atoms with Gasteiger partial charge in [0.1, 0.15) is 0 Å². The third kappa shape index (κ3) is 4.52. The van der Waals surface area contributed by atoms with Crippen molar-refractivity contribution in [2.24, 2.45) is 0 Å². The molecule has 2 heterocycles. The SMILES string of the molecule is Cc1nn(CCC(=O)N(Cc2ccccc2)C[C@@H]2CCCO2)c(C)c1C. The van der Waals surface area contributed by atoms with Crippen LogP contribution in [0.1, 0.15) is 41.8 Å². The molecular weight excluding hydrogens is 326 g/mol. The molecule has 1 aliphatic rings. The van der Waals surface area contributed by atoms with Gasteiger partial charge in [-0.1, -0.05) is 30.3 Å². The van der Waals surface area contributed by atoms with Crippen molar-refractivity contribution < 1.29 is 9.53 Å². The van der Waals surface area contributed by atoms with Crippen molar-refractivity contribution in [1.82, 2.24) is 14.7 Å². The Labute approximate surface area is 156 Å². The van der Waals surface area contributed by atoms with Crippen LogP contribution in [0.5, 0.6) is 0 Å². The van der Waals surface area contributed by atoms with Crippen molar-refractivity contribution in [3.05, 3.63) is 52.8 Å². The van der Waals surface area contributed by atoms with Gasteiger partial charge < -0.3 is 9.64 Å². The van der Waals surface area contributed by atoms with Crippen molar-refractivity contribution in [2.75, 3.05) is 13.2 Å². The van der Waals surface area contributed by atoms with Crippen molar-refractivity contribution in [2.45, 2.75) is 59.2 Å². The topological polar surface area (TPSA) is 47.4 Å². The second kappa shape index (κ2) is 8.49. The van der Waals surface area contributed by atoms with Crippen molar-refractivity contribution in [3.63, 3.8) is 0 Å². The normalized spacial score (nSPS) is 16.8. The van der Waals surface area contributed by atoms with Crippen LogP contribution in [0.25, 0.3) is 0 Å². The summed E-state index contributed by atoms with van der Waals surface area (Å²) in [6.45, 7) is 8.89. The predicted octanol–water partition coefficient (Wildman–Crippen LogP) is 3.41. The lowest BCUT2D eigenvalue weighted by Gasteiger charge is -2.26. The summed E-state index contributed by atoms with van der Waals surface area (Å²) in [5.41, 5.74) is 4.54. The van der Waals surface area contributed by atoms with Gasteiger partial charge in [0.25, 0.3) is 0 Å². The predicted molar refractivity (Wildman–Crippen MR) is 102 cm³/mol. The number of ether oxygens (including phenoxy) is 1. The zero-order chi connectivity index (χ0) is 18.5. The van der Waals surface area contributed by atoms with Crippen LogP contribution in [0, 0.1) is 20.8 Å². The molecule has 1 atom stereocenters. The highest BCUT2D eigenvalue weighted by Gasteiger charge is 2.23. The number of aromatic nitrogens is 2. The van der Waals surface area contributed by atoms with Gasteiger partial charge in [-0.25, -0.2) is 0 Å². The number of rotatable bonds is 7. The first kappa shape index (κ1) is 18.6. The van der Waals surface area contributed by atoms with Crippen molar-refractivity contribution in [1.29, 1.82) is 0 Å². The average molecular weight is 355 g/mol. The minimum Gasteiger partial charge on any atom is -0.376 e. The van der Waals surface area contributed by atoms with Crippen molar-refractivity contribution >= 4 is 5.91 Å². The number of hydrogen-bond donors (Lipinski definition) is 0. The molecule has 2 aromatic rings. The molecular formula is C21H29N3O2. The van der Waals surface area contributed by atoms with Crippen LogP contribution in [-0.4, -0.2) is 39.8 Å². The number of carbonyl (C=O) groups is 1. The fourth-order valence-electron chi connectivity index (χ4n) is 3.46. The van der Waals surface area contributed by atoms with Crippen LogP contribution < -0.4 is 0 Å². The number of amides is 1. The molecule has 0 aliphatic carbocycles. The number of hydrogen-bond acceptors (Lipinski definition) is 3. The molecule has 0 spiro atoms. The minimum atomic E-state index is 0.162. The van der Waals surface area contributed by atoms with Gasteiger partial charge in [0.2, 0.25) is 5.91 Å². The minimum absolute atomic E-state index is 0.162. The highest BCUT2D eigenvalue weighted by Crippen LogP contribution is 2.17. The van der Waals surface area contributed by atoms with E-state index in [2.05, 4.69) is 31.1 Å².